The summed E-state index contributed by atoms with van der Waals surface area (Å²) in [4.78, 5) is 0. The van der Waals surface area contributed by atoms with Gasteiger partial charge < -0.3 is 0 Å². The molecule has 2 atom stereocenters. The van der Waals surface area contributed by atoms with Crippen molar-refractivity contribution < 1.29 is 0 Å². The summed E-state index contributed by atoms with van der Waals surface area (Å²) in [7, 11) is 0. The van der Waals surface area contributed by atoms with Crippen LogP contribution in [0.3, 0.4) is 0 Å². The average Bonchev–Trinajstić information content (AvgIpc) is 1.98. The van der Waals surface area contributed by atoms with Gasteiger partial charge in [-0.3, -0.25) is 0 Å². The lowest BCUT2D eigenvalue weighted by Crippen LogP contribution is -2.08. The fourth-order valence-corrected chi connectivity index (χ4v) is 2.10. The first kappa shape index (κ1) is 12.7. The van der Waals surface area contributed by atoms with E-state index in [2.05, 4.69) is 41.2 Å². The smallest absolute Gasteiger partial charge is 0.0209 e. The Kier molecular flexibility index (Phi) is 6.11. The molecule has 0 spiro atoms. The predicted octanol–water partition coefficient (Wildman–Crippen LogP) is 4.66. The molecule has 0 aliphatic rings. The minimum Gasteiger partial charge on any atom is -0.0999 e. The van der Waals surface area contributed by atoms with Crippen molar-refractivity contribution in [2.45, 2.75) is 53.9 Å². The molecule has 0 bridgehead atoms. The molecule has 0 rings (SSSR count). The Hall–Kier alpha value is -0.260. The van der Waals surface area contributed by atoms with Crippen molar-refractivity contribution in [1.82, 2.24) is 0 Å². The van der Waals surface area contributed by atoms with Crippen LogP contribution in [0.15, 0.2) is 12.2 Å². The molecule has 0 aromatic carbocycles. The Morgan fingerprint density at radius 2 is 1.69 bits per heavy atom. The van der Waals surface area contributed by atoms with Crippen LogP contribution in [-0.2, 0) is 0 Å². The summed E-state index contributed by atoms with van der Waals surface area (Å²) in [6, 6.07) is 0. The largest absolute Gasteiger partial charge is 0.0999 e. The van der Waals surface area contributed by atoms with Crippen LogP contribution in [0, 0.1) is 17.8 Å². The van der Waals surface area contributed by atoms with Gasteiger partial charge in [-0.05, 0) is 43.9 Å². The van der Waals surface area contributed by atoms with Crippen LogP contribution in [0.4, 0.5) is 0 Å². The normalized spacial score (nSPS) is 15.8. The quantitative estimate of drug-likeness (QED) is 0.524. The summed E-state index contributed by atoms with van der Waals surface area (Å²) in [5, 5.41) is 0. The van der Waals surface area contributed by atoms with Crippen LogP contribution in [0.1, 0.15) is 53.9 Å². The second-order valence-electron chi connectivity index (χ2n) is 4.92. The molecular weight excluding hydrogens is 156 g/mol. The SMILES string of the molecule is C=C(C)C(CC)CC(C)CC(C)C. The summed E-state index contributed by atoms with van der Waals surface area (Å²) in [5.41, 5.74) is 1.36. The molecule has 0 nitrogen and oxygen atoms in total. The lowest BCUT2D eigenvalue weighted by Gasteiger charge is -2.21. The van der Waals surface area contributed by atoms with Gasteiger partial charge in [-0.15, -0.1) is 0 Å². The molecule has 0 saturated carbocycles. The van der Waals surface area contributed by atoms with E-state index in [0.29, 0.717) is 0 Å². The molecule has 78 valence electrons. The highest BCUT2D eigenvalue weighted by atomic mass is 14.2. The standard InChI is InChI=1S/C13H26/c1-7-13(11(4)5)9-12(6)8-10(2)3/h10,12-13H,4,7-9H2,1-3,5-6H3. The van der Waals surface area contributed by atoms with Gasteiger partial charge >= 0.3 is 0 Å². The van der Waals surface area contributed by atoms with Crippen molar-refractivity contribution >= 4 is 0 Å². The first-order chi connectivity index (χ1) is 5.97. The number of rotatable bonds is 6. The van der Waals surface area contributed by atoms with Gasteiger partial charge in [0.25, 0.3) is 0 Å². The van der Waals surface area contributed by atoms with Crippen molar-refractivity contribution in [3.8, 4) is 0 Å². The molecular formula is C13H26. The van der Waals surface area contributed by atoms with E-state index in [1.807, 2.05) is 0 Å². The number of hydrogen-bond donors (Lipinski definition) is 0. The zero-order valence-corrected chi connectivity index (χ0v) is 10.1. The van der Waals surface area contributed by atoms with Crippen LogP contribution in [0.2, 0.25) is 0 Å². The van der Waals surface area contributed by atoms with Gasteiger partial charge in [0.05, 0.1) is 0 Å². The maximum absolute atomic E-state index is 4.06. The van der Waals surface area contributed by atoms with E-state index in [1.54, 1.807) is 0 Å². The van der Waals surface area contributed by atoms with Crippen molar-refractivity contribution in [2.24, 2.45) is 17.8 Å². The fourth-order valence-electron chi connectivity index (χ4n) is 2.10. The molecule has 0 heteroatoms. The lowest BCUT2D eigenvalue weighted by molar-refractivity contribution is 0.360. The lowest BCUT2D eigenvalue weighted by atomic mass is 9.85. The van der Waals surface area contributed by atoms with Crippen molar-refractivity contribution in [1.29, 1.82) is 0 Å². The summed E-state index contributed by atoms with van der Waals surface area (Å²) >= 11 is 0. The highest BCUT2D eigenvalue weighted by Gasteiger charge is 2.12. The van der Waals surface area contributed by atoms with Crippen molar-refractivity contribution in [2.75, 3.05) is 0 Å². The van der Waals surface area contributed by atoms with E-state index in [-0.39, 0.29) is 0 Å². The van der Waals surface area contributed by atoms with Crippen molar-refractivity contribution in [3.63, 3.8) is 0 Å². The molecule has 0 fully saturated rings. The molecule has 0 radical (unpaired) electrons. The molecule has 0 aliphatic carbocycles. The van der Waals surface area contributed by atoms with Crippen LogP contribution < -0.4 is 0 Å². The summed E-state index contributed by atoms with van der Waals surface area (Å²) in [5.74, 6) is 2.42. The topological polar surface area (TPSA) is 0 Å². The first-order valence-corrected chi connectivity index (χ1v) is 5.62. The zero-order valence-electron chi connectivity index (χ0n) is 10.1. The Morgan fingerprint density at radius 1 is 1.15 bits per heavy atom. The molecule has 0 N–H and O–H groups in total. The zero-order chi connectivity index (χ0) is 10.4. The van der Waals surface area contributed by atoms with Crippen LogP contribution >= 0.6 is 0 Å². The number of allylic oxidation sites excluding steroid dienone is 1. The van der Waals surface area contributed by atoms with Crippen LogP contribution in [0.25, 0.3) is 0 Å². The van der Waals surface area contributed by atoms with Gasteiger partial charge in [-0.1, -0.05) is 39.8 Å². The Bertz CT molecular complexity index is 144. The van der Waals surface area contributed by atoms with E-state index in [1.165, 1.54) is 24.8 Å². The second-order valence-corrected chi connectivity index (χ2v) is 4.92. The van der Waals surface area contributed by atoms with E-state index in [4.69, 9.17) is 0 Å². The van der Waals surface area contributed by atoms with Gasteiger partial charge in [0, 0.05) is 0 Å². The minimum atomic E-state index is 0.744. The Balaban J connectivity index is 3.86. The molecule has 0 saturated heterocycles. The van der Waals surface area contributed by atoms with Gasteiger partial charge in [-0.2, -0.15) is 0 Å². The Labute approximate surface area is 84.4 Å². The second kappa shape index (κ2) is 6.23. The maximum Gasteiger partial charge on any atom is -0.0209 e. The molecule has 0 aromatic rings. The first-order valence-electron chi connectivity index (χ1n) is 5.62. The molecule has 13 heavy (non-hydrogen) atoms. The van der Waals surface area contributed by atoms with E-state index >= 15 is 0 Å². The molecule has 2 unspecified atom stereocenters. The number of hydrogen-bond acceptors (Lipinski definition) is 0. The molecule has 0 heterocycles. The minimum absolute atomic E-state index is 0.744. The van der Waals surface area contributed by atoms with Gasteiger partial charge in [-0.25, -0.2) is 0 Å². The summed E-state index contributed by atoms with van der Waals surface area (Å²) < 4.78 is 0. The van der Waals surface area contributed by atoms with Crippen LogP contribution in [-0.4, -0.2) is 0 Å². The highest BCUT2D eigenvalue weighted by Crippen LogP contribution is 2.25. The monoisotopic (exact) mass is 182 g/mol. The van der Waals surface area contributed by atoms with Gasteiger partial charge in [0.15, 0.2) is 0 Å². The predicted molar refractivity (Wildman–Crippen MR) is 61.8 cm³/mol. The molecule has 0 aliphatic heterocycles. The Morgan fingerprint density at radius 3 is 2.00 bits per heavy atom. The fraction of sp³-hybridized carbons (Fsp3) is 0.846. The summed E-state index contributed by atoms with van der Waals surface area (Å²) in [6.07, 6.45) is 3.92. The van der Waals surface area contributed by atoms with E-state index in [0.717, 1.165) is 17.8 Å². The molecule has 0 aromatic heterocycles. The third-order valence-electron chi connectivity index (χ3n) is 2.75. The average molecular weight is 182 g/mol. The third kappa shape index (κ3) is 5.90. The summed E-state index contributed by atoms with van der Waals surface area (Å²) in [6.45, 7) is 15.5. The third-order valence-corrected chi connectivity index (χ3v) is 2.75. The van der Waals surface area contributed by atoms with E-state index in [9.17, 15) is 0 Å². The highest BCUT2D eigenvalue weighted by molar-refractivity contribution is 4.95. The van der Waals surface area contributed by atoms with Gasteiger partial charge in [0.2, 0.25) is 0 Å². The molecule has 0 amide bonds. The van der Waals surface area contributed by atoms with Crippen molar-refractivity contribution in [3.05, 3.63) is 12.2 Å². The maximum atomic E-state index is 4.06. The van der Waals surface area contributed by atoms with Gasteiger partial charge in [0.1, 0.15) is 0 Å². The van der Waals surface area contributed by atoms with E-state index < -0.39 is 0 Å². The van der Waals surface area contributed by atoms with Crippen LogP contribution in [0.5, 0.6) is 0 Å².